The van der Waals surface area contributed by atoms with Crippen molar-refractivity contribution >= 4 is 23.5 Å². The first kappa shape index (κ1) is 22.7. The lowest BCUT2D eigenvalue weighted by molar-refractivity contribution is -0.148. The molecule has 1 atom stereocenters. The topological polar surface area (TPSA) is 46.6 Å². The number of likely N-dealkylation sites (tertiary alicyclic amines) is 1. The summed E-state index contributed by atoms with van der Waals surface area (Å²) < 4.78 is 5.47. The molecule has 1 heterocycles. The zero-order valence-electron chi connectivity index (χ0n) is 17.1. The van der Waals surface area contributed by atoms with Crippen molar-refractivity contribution in [3.63, 3.8) is 0 Å². The smallest absolute Gasteiger partial charge is 0.328 e. The molecule has 0 radical (unpaired) electrons. The maximum atomic E-state index is 12.7. The van der Waals surface area contributed by atoms with Crippen molar-refractivity contribution in [2.24, 2.45) is 0 Å². The highest BCUT2D eigenvalue weighted by Gasteiger charge is 2.35. The number of esters is 1. The van der Waals surface area contributed by atoms with Crippen molar-refractivity contribution in [3.8, 4) is 0 Å². The summed E-state index contributed by atoms with van der Waals surface area (Å²) in [6.45, 7) is 3.28. The van der Waals surface area contributed by atoms with E-state index < -0.39 is 6.04 Å². The van der Waals surface area contributed by atoms with Gasteiger partial charge in [0.15, 0.2) is 0 Å². The van der Waals surface area contributed by atoms with Crippen molar-refractivity contribution in [2.75, 3.05) is 13.2 Å². The standard InChI is InChI=1S/C23H34ClNO3/c1-2-3-4-5-6-7-8-9-10-18-28-23(27)21-12-11-17-25(21)22(26)19-13-15-20(24)16-14-19/h13-16,21H,2-12,17-18H2,1H3. The Morgan fingerprint density at radius 2 is 1.61 bits per heavy atom. The Hall–Kier alpha value is -1.55. The van der Waals surface area contributed by atoms with Crippen LogP contribution in [-0.4, -0.2) is 36.0 Å². The second kappa shape index (κ2) is 12.8. The molecule has 5 heteroatoms. The highest BCUT2D eigenvalue weighted by atomic mass is 35.5. The molecule has 0 N–H and O–H groups in total. The second-order valence-corrected chi connectivity index (χ2v) is 8.10. The Morgan fingerprint density at radius 1 is 1.00 bits per heavy atom. The second-order valence-electron chi connectivity index (χ2n) is 7.66. The van der Waals surface area contributed by atoms with Gasteiger partial charge < -0.3 is 9.64 Å². The molecule has 2 rings (SSSR count). The summed E-state index contributed by atoms with van der Waals surface area (Å²) in [6, 6.07) is 6.34. The molecule has 0 aromatic heterocycles. The number of amides is 1. The van der Waals surface area contributed by atoms with E-state index in [0.29, 0.717) is 30.2 Å². The number of carbonyl (C=O) groups excluding carboxylic acids is 2. The van der Waals surface area contributed by atoms with Crippen molar-refractivity contribution < 1.29 is 14.3 Å². The van der Waals surface area contributed by atoms with E-state index in [9.17, 15) is 9.59 Å². The van der Waals surface area contributed by atoms with Gasteiger partial charge in [0.1, 0.15) is 6.04 Å². The van der Waals surface area contributed by atoms with E-state index >= 15 is 0 Å². The van der Waals surface area contributed by atoms with Crippen LogP contribution in [0.3, 0.4) is 0 Å². The Bertz CT molecular complexity index is 602. The van der Waals surface area contributed by atoms with Crippen LogP contribution in [0.25, 0.3) is 0 Å². The number of carbonyl (C=O) groups is 2. The summed E-state index contributed by atoms with van der Waals surface area (Å²) in [5.74, 6) is -0.390. The predicted molar refractivity (Wildman–Crippen MR) is 114 cm³/mol. The quantitative estimate of drug-likeness (QED) is 0.314. The van der Waals surface area contributed by atoms with Crippen molar-refractivity contribution in [1.82, 2.24) is 4.90 Å². The lowest BCUT2D eigenvalue weighted by Gasteiger charge is -2.23. The minimum absolute atomic E-state index is 0.126. The van der Waals surface area contributed by atoms with Gasteiger partial charge in [-0.15, -0.1) is 0 Å². The van der Waals surface area contributed by atoms with E-state index in [1.54, 1.807) is 29.2 Å². The fraction of sp³-hybridized carbons (Fsp3) is 0.652. The van der Waals surface area contributed by atoms with Crippen molar-refractivity contribution in [1.29, 1.82) is 0 Å². The first-order valence-electron chi connectivity index (χ1n) is 10.9. The van der Waals surface area contributed by atoms with Crippen LogP contribution >= 0.6 is 11.6 Å². The van der Waals surface area contributed by atoms with Crippen molar-refractivity contribution in [3.05, 3.63) is 34.9 Å². The number of rotatable bonds is 12. The van der Waals surface area contributed by atoms with Crippen LogP contribution in [0, 0.1) is 0 Å². The molecule has 28 heavy (non-hydrogen) atoms. The molecule has 0 bridgehead atoms. The molecule has 1 fully saturated rings. The average molecular weight is 408 g/mol. The largest absolute Gasteiger partial charge is 0.464 e. The molecule has 1 unspecified atom stereocenters. The Balaban J connectivity index is 1.64. The van der Waals surface area contributed by atoms with Crippen LogP contribution in [-0.2, 0) is 9.53 Å². The lowest BCUT2D eigenvalue weighted by Crippen LogP contribution is -2.41. The third-order valence-electron chi connectivity index (χ3n) is 5.37. The van der Waals surface area contributed by atoms with Crippen molar-refractivity contribution in [2.45, 2.75) is 83.6 Å². The number of benzene rings is 1. The van der Waals surface area contributed by atoms with Gasteiger partial charge in [-0.25, -0.2) is 4.79 Å². The molecule has 1 amide bonds. The fourth-order valence-corrected chi connectivity index (χ4v) is 3.82. The van der Waals surface area contributed by atoms with E-state index in [2.05, 4.69) is 6.92 Å². The highest BCUT2D eigenvalue weighted by molar-refractivity contribution is 6.30. The number of ether oxygens (including phenoxy) is 1. The molecule has 1 aromatic rings. The van der Waals surface area contributed by atoms with Gasteiger partial charge in [0.05, 0.1) is 6.61 Å². The molecule has 1 aliphatic rings. The number of hydrogen-bond donors (Lipinski definition) is 0. The number of halogens is 1. The Labute approximate surface area is 174 Å². The third kappa shape index (κ3) is 7.46. The van der Waals surface area contributed by atoms with Crippen LogP contribution in [0.4, 0.5) is 0 Å². The SMILES string of the molecule is CCCCCCCCCCCOC(=O)C1CCCN1C(=O)c1ccc(Cl)cc1. The molecule has 1 aromatic carbocycles. The molecule has 156 valence electrons. The minimum Gasteiger partial charge on any atom is -0.464 e. The van der Waals surface area contributed by atoms with Crippen LogP contribution in [0.1, 0.15) is 87.9 Å². The first-order valence-corrected chi connectivity index (χ1v) is 11.2. The van der Waals surface area contributed by atoms with E-state index in [-0.39, 0.29) is 11.9 Å². The Morgan fingerprint density at radius 3 is 2.25 bits per heavy atom. The summed E-state index contributed by atoms with van der Waals surface area (Å²) in [5.41, 5.74) is 0.558. The van der Waals surface area contributed by atoms with Crippen LogP contribution in [0.2, 0.25) is 5.02 Å². The van der Waals surface area contributed by atoms with Gasteiger partial charge in [-0.2, -0.15) is 0 Å². The summed E-state index contributed by atoms with van der Waals surface area (Å²) >= 11 is 5.89. The molecule has 0 aliphatic carbocycles. The van der Waals surface area contributed by atoms with Gasteiger partial charge in [-0.1, -0.05) is 69.9 Å². The van der Waals surface area contributed by atoms with Gasteiger partial charge in [-0.3, -0.25) is 4.79 Å². The number of hydrogen-bond acceptors (Lipinski definition) is 3. The van der Waals surface area contributed by atoms with Crippen LogP contribution in [0.5, 0.6) is 0 Å². The predicted octanol–water partition coefficient (Wildman–Crippen LogP) is 6.02. The monoisotopic (exact) mass is 407 g/mol. The molecular weight excluding hydrogens is 374 g/mol. The minimum atomic E-state index is -0.457. The zero-order valence-corrected chi connectivity index (χ0v) is 17.9. The third-order valence-corrected chi connectivity index (χ3v) is 5.62. The van der Waals surface area contributed by atoms with E-state index in [1.807, 2.05) is 0 Å². The number of unbranched alkanes of at least 4 members (excludes halogenated alkanes) is 8. The molecule has 1 saturated heterocycles. The summed E-state index contributed by atoms with van der Waals surface area (Å²) in [5, 5.41) is 0.592. The molecule has 1 aliphatic heterocycles. The maximum absolute atomic E-state index is 12.7. The maximum Gasteiger partial charge on any atom is 0.328 e. The average Bonchev–Trinajstić information content (AvgIpc) is 3.19. The first-order chi connectivity index (χ1) is 13.6. The normalized spacial score (nSPS) is 16.4. The van der Waals surface area contributed by atoms with Crippen LogP contribution in [0.15, 0.2) is 24.3 Å². The van der Waals surface area contributed by atoms with Gasteiger partial charge >= 0.3 is 5.97 Å². The van der Waals surface area contributed by atoms with Gasteiger partial charge in [0.25, 0.3) is 5.91 Å². The highest BCUT2D eigenvalue weighted by Crippen LogP contribution is 2.22. The zero-order chi connectivity index (χ0) is 20.2. The number of nitrogens with zero attached hydrogens (tertiary/aromatic N) is 1. The van der Waals surface area contributed by atoms with E-state index in [1.165, 1.54) is 44.9 Å². The molecule has 0 spiro atoms. The van der Waals surface area contributed by atoms with E-state index in [0.717, 1.165) is 19.3 Å². The summed E-state index contributed by atoms with van der Waals surface area (Å²) in [6.07, 6.45) is 12.6. The van der Waals surface area contributed by atoms with Gasteiger partial charge in [-0.05, 0) is 43.5 Å². The summed E-state index contributed by atoms with van der Waals surface area (Å²) in [7, 11) is 0. The van der Waals surface area contributed by atoms with Crippen LogP contribution < -0.4 is 0 Å². The fourth-order valence-electron chi connectivity index (χ4n) is 3.69. The molecule has 0 saturated carbocycles. The molecular formula is C23H34ClNO3. The van der Waals surface area contributed by atoms with Gasteiger partial charge in [0, 0.05) is 17.1 Å². The Kier molecular flexibility index (Phi) is 10.4. The summed E-state index contributed by atoms with van der Waals surface area (Å²) in [4.78, 5) is 26.8. The lowest BCUT2D eigenvalue weighted by atomic mass is 10.1. The van der Waals surface area contributed by atoms with Gasteiger partial charge in [0.2, 0.25) is 0 Å². The van der Waals surface area contributed by atoms with E-state index in [4.69, 9.17) is 16.3 Å². The molecule has 4 nitrogen and oxygen atoms in total.